The van der Waals surface area contributed by atoms with Crippen molar-refractivity contribution in [1.29, 1.82) is 0 Å². The third-order valence-electron chi connectivity index (χ3n) is 4.18. The van der Waals surface area contributed by atoms with Crippen LogP contribution in [0, 0.1) is 17.8 Å². The number of hydrogen-bond donors (Lipinski definition) is 4. The summed E-state index contributed by atoms with van der Waals surface area (Å²) in [5.74, 6) is 0.756. The van der Waals surface area contributed by atoms with Crippen molar-refractivity contribution in [3.63, 3.8) is 0 Å². The molecule has 0 atom stereocenters. The first kappa shape index (κ1) is 19.8. The van der Waals surface area contributed by atoms with Crippen molar-refractivity contribution >= 4 is 0 Å². The molecule has 0 aliphatic rings. The first-order valence-electron chi connectivity index (χ1n) is 8.15. The lowest BCUT2D eigenvalue weighted by Gasteiger charge is -2.19. The Balaban J connectivity index is 3.85. The molecule has 0 saturated carbocycles. The molecule has 4 nitrogen and oxygen atoms in total. The molecule has 0 fully saturated rings. The van der Waals surface area contributed by atoms with Crippen LogP contribution < -0.4 is 0 Å². The van der Waals surface area contributed by atoms with Gasteiger partial charge in [-0.3, -0.25) is 0 Å². The molecule has 0 aliphatic carbocycles. The summed E-state index contributed by atoms with van der Waals surface area (Å²) in [6.45, 7) is 2.49. The first-order valence-corrected chi connectivity index (χ1v) is 8.15. The van der Waals surface area contributed by atoms with E-state index in [1.54, 1.807) is 0 Å². The van der Waals surface area contributed by atoms with Gasteiger partial charge in [0.25, 0.3) is 0 Å². The lowest BCUT2D eigenvalue weighted by molar-refractivity contribution is 0.137. The van der Waals surface area contributed by atoms with E-state index < -0.39 is 0 Å². The van der Waals surface area contributed by atoms with Crippen LogP contribution in [0.15, 0.2) is 0 Å². The summed E-state index contributed by atoms with van der Waals surface area (Å²) in [6.07, 6.45) is 8.58. The lowest BCUT2D eigenvalue weighted by atomic mass is 9.89. The zero-order valence-electron chi connectivity index (χ0n) is 13.0. The highest BCUT2D eigenvalue weighted by molar-refractivity contribution is 4.64. The van der Waals surface area contributed by atoms with E-state index in [-0.39, 0.29) is 38.3 Å². The van der Waals surface area contributed by atoms with Gasteiger partial charge in [0, 0.05) is 38.3 Å². The van der Waals surface area contributed by atoms with E-state index in [2.05, 4.69) is 6.92 Å². The van der Waals surface area contributed by atoms with E-state index in [0.717, 1.165) is 38.5 Å². The SMILES string of the molecule is CCCC(CCCC(CO)CO)CCCC(CO)CO. The van der Waals surface area contributed by atoms with Crippen molar-refractivity contribution < 1.29 is 20.4 Å². The second-order valence-corrected chi connectivity index (χ2v) is 5.98. The van der Waals surface area contributed by atoms with Gasteiger partial charge in [-0.05, 0) is 18.8 Å². The lowest BCUT2D eigenvalue weighted by Crippen LogP contribution is -2.13. The molecule has 0 amide bonds. The quantitative estimate of drug-likeness (QED) is 0.394. The highest BCUT2D eigenvalue weighted by Gasteiger charge is 2.12. The van der Waals surface area contributed by atoms with Crippen LogP contribution in [0.3, 0.4) is 0 Å². The molecule has 0 unspecified atom stereocenters. The minimum Gasteiger partial charge on any atom is -0.396 e. The zero-order chi connectivity index (χ0) is 15.2. The van der Waals surface area contributed by atoms with E-state index >= 15 is 0 Å². The van der Waals surface area contributed by atoms with Crippen LogP contribution in [-0.2, 0) is 0 Å². The molecule has 0 aromatic rings. The minimum absolute atomic E-state index is 0.0328. The Morgan fingerprint density at radius 3 is 1.20 bits per heavy atom. The van der Waals surface area contributed by atoms with Gasteiger partial charge in [-0.1, -0.05) is 45.4 Å². The van der Waals surface area contributed by atoms with Gasteiger partial charge >= 0.3 is 0 Å². The Bertz CT molecular complexity index is 173. The third-order valence-corrected chi connectivity index (χ3v) is 4.18. The van der Waals surface area contributed by atoms with Gasteiger partial charge in [-0.15, -0.1) is 0 Å². The summed E-state index contributed by atoms with van der Waals surface area (Å²) < 4.78 is 0. The van der Waals surface area contributed by atoms with E-state index in [9.17, 15) is 0 Å². The molecule has 0 bridgehead atoms. The Hall–Kier alpha value is -0.160. The van der Waals surface area contributed by atoms with Crippen LogP contribution in [0.5, 0.6) is 0 Å². The van der Waals surface area contributed by atoms with E-state index in [4.69, 9.17) is 20.4 Å². The van der Waals surface area contributed by atoms with Gasteiger partial charge in [0.1, 0.15) is 0 Å². The predicted molar refractivity (Wildman–Crippen MR) is 81.4 cm³/mol. The number of aliphatic hydroxyl groups is 4. The predicted octanol–water partition coefficient (Wildman–Crippen LogP) is 1.94. The normalized spacial score (nSPS) is 12.0. The van der Waals surface area contributed by atoms with Crippen molar-refractivity contribution in [2.24, 2.45) is 17.8 Å². The average Bonchev–Trinajstić information content (AvgIpc) is 2.48. The second kappa shape index (κ2) is 13.8. The van der Waals surface area contributed by atoms with Gasteiger partial charge in [0.2, 0.25) is 0 Å². The van der Waals surface area contributed by atoms with Crippen LogP contribution in [0.4, 0.5) is 0 Å². The van der Waals surface area contributed by atoms with E-state index in [1.807, 2.05) is 0 Å². The summed E-state index contributed by atoms with van der Waals surface area (Å²) in [5, 5.41) is 36.2. The maximum atomic E-state index is 9.04. The van der Waals surface area contributed by atoms with Crippen LogP contribution >= 0.6 is 0 Å². The molecule has 0 radical (unpaired) electrons. The highest BCUT2D eigenvalue weighted by atomic mass is 16.3. The van der Waals surface area contributed by atoms with Gasteiger partial charge in [0.05, 0.1) is 0 Å². The molecule has 0 spiro atoms. The molecule has 0 saturated heterocycles. The van der Waals surface area contributed by atoms with E-state index in [0.29, 0.717) is 5.92 Å². The molecule has 4 N–H and O–H groups in total. The molecule has 4 heteroatoms. The molecule has 0 rings (SSSR count). The fraction of sp³-hybridized carbons (Fsp3) is 1.00. The summed E-state index contributed by atoms with van der Waals surface area (Å²) in [4.78, 5) is 0. The second-order valence-electron chi connectivity index (χ2n) is 5.98. The van der Waals surface area contributed by atoms with Crippen LogP contribution in [-0.4, -0.2) is 46.9 Å². The van der Waals surface area contributed by atoms with Crippen molar-refractivity contribution in [1.82, 2.24) is 0 Å². The van der Waals surface area contributed by atoms with Crippen molar-refractivity contribution in [2.45, 2.75) is 58.3 Å². The molecule has 0 aliphatic heterocycles. The smallest absolute Gasteiger partial charge is 0.0481 e. The highest BCUT2D eigenvalue weighted by Crippen LogP contribution is 2.23. The van der Waals surface area contributed by atoms with E-state index in [1.165, 1.54) is 12.8 Å². The molecular formula is C16H34O4. The fourth-order valence-electron chi connectivity index (χ4n) is 2.71. The zero-order valence-corrected chi connectivity index (χ0v) is 13.0. The number of rotatable bonds is 14. The van der Waals surface area contributed by atoms with Crippen molar-refractivity contribution in [2.75, 3.05) is 26.4 Å². The minimum atomic E-state index is 0.0328. The van der Waals surface area contributed by atoms with Gasteiger partial charge in [-0.2, -0.15) is 0 Å². The Labute approximate surface area is 123 Å². The Morgan fingerprint density at radius 2 is 0.900 bits per heavy atom. The molecule has 20 heavy (non-hydrogen) atoms. The van der Waals surface area contributed by atoms with Crippen LogP contribution in [0.1, 0.15) is 58.3 Å². The molecule has 0 heterocycles. The summed E-state index contributed by atoms with van der Waals surface area (Å²) in [5.41, 5.74) is 0. The van der Waals surface area contributed by atoms with Crippen LogP contribution in [0.2, 0.25) is 0 Å². The summed E-state index contributed by atoms with van der Waals surface area (Å²) in [7, 11) is 0. The number of hydrogen-bond acceptors (Lipinski definition) is 4. The Morgan fingerprint density at radius 1 is 0.550 bits per heavy atom. The third kappa shape index (κ3) is 9.70. The molecule has 0 aromatic carbocycles. The molecule has 122 valence electrons. The maximum absolute atomic E-state index is 9.04. The number of aliphatic hydroxyl groups excluding tert-OH is 4. The first-order chi connectivity index (χ1) is 9.71. The topological polar surface area (TPSA) is 80.9 Å². The largest absolute Gasteiger partial charge is 0.396 e. The van der Waals surface area contributed by atoms with Crippen molar-refractivity contribution in [3.05, 3.63) is 0 Å². The monoisotopic (exact) mass is 290 g/mol. The maximum Gasteiger partial charge on any atom is 0.0481 e. The Kier molecular flexibility index (Phi) is 13.7. The molecular weight excluding hydrogens is 256 g/mol. The average molecular weight is 290 g/mol. The van der Waals surface area contributed by atoms with Crippen molar-refractivity contribution in [3.8, 4) is 0 Å². The summed E-state index contributed by atoms with van der Waals surface area (Å²) >= 11 is 0. The fourth-order valence-corrected chi connectivity index (χ4v) is 2.71. The standard InChI is InChI=1S/C16H34O4/c1-2-5-14(6-3-8-15(10-17)11-18)7-4-9-16(12-19)13-20/h14-20H,2-13H2,1H3. The van der Waals surface area contributed by atoms with Crippen LogP contribution in [0.25, 0.3) is 0 Å². The van der Waals surface area contributed by atoms with Gasteiger partial charge < -0.3 is 20.4 Å². The van der Waals surface area contributed by atoms with Gasteiger partial charge in [-0.25, -0.2) is 0 Å². The van der Waals surface area contributed by atoms with Gasteiger partial charge in [0.15, 0.2) is 0 Å². The summed E-state index contributed by atoms with van der Waals surface area (Å²) in [6, 6.07) is 0. The molecule has 0 aromatic heterocycles.